The van der Waals surface area contributed by atoms with Crippen LogP contribution in [0.15, 0.2) is 95.0 Å². The number of hydrogen-bond acceptors (Lipinski definition) is 13. The minimum Gasteiger partial charge on any atom is -0.375 e. The average Bonchev–Trinajstić information content (AvgIpc) is 4.10. The topological polar surface area (TPSA) is 467 Å². The number of nitrogens with zero attached hydrogens (tertiary/aromatic N) is 2. The van der Waals surface area contributed by atoms with E-state index in [0.29, 0.717) is 16.7 Å². The largest absolute Gasteiger partial charge is 0.375 e. The molecule has 1 aromatic heterocycles. The highest BCUT2D eigenvalue weighted by Gasteiger charge is 2.36. The van der Waals surface area contributed by atoms with Gasteiger partial charge in [0.1, 0.15) is 48.5 Å². The van der Waals surface area contributed by atoms with Gasteiger partial charge in [-0.2, -0.15) is 0 Å². The molecule has 9 amide bonds. The van der Waals surface area contributed by atoms with Crippen LogP contribution in [0.2, 0.25) is 0 Å². The monoisotopic (exact) mass is 1120 g/mol. The number of guanidine groups is 2. The maximum atomic E-state index is 15.0. The van der Waals surface area contributed by atoms with E-state index in [4.69, 9.17) is 34.4 Å². The molecule has 27 heteroatoms. The van der Waals surface area contributed by atoms with Gasteiger partial charge in [0.2, 0.25) is 53.2 Å². The van der Waals surface area contributed by atoms with Crippen LogP contribution in [-0.4, -0.2) is 137 Å². The van der Waals surface area contributed by atoms with Gasteiger partial charge in [-0.3, -0.25) is 53.1 Å². The zero-order chi connectivity index (χ0) is 59.0. The van der Waals surface area contributed by atoms with E-state index in [1.165, 1.54) is 13.0 Å². The summed E-state index contributed by atoms with van der Waals surface area (Å²) in [7, 11) is 0. The summed E-state index contributed by atoms with van der Waals surface area (Å²) in [6.45, 7) is 1.28. The lowest BCUT2D eigenvalue weighted by Gasteiger charge is -2.28. The summed E-state index contributed by atoms with van der Waals surface area (Å²) in [5.41, 5.74) is 36.3. The summed E-state index contributed by atoms with van der Waals surface area (Å²) in [6, 6.07) is 12.0. The van der Waals surface area contributed by atoms with Gasteiger partial charge in [0.15, 0.2) is 11.9 Å². The first-order valence-electron chi connectivity index (χ1n) is 26.6. The minimum atomic E-state index is -1.72. The Morgan fingerprint density at radius 3 is 1.89 bits per heavy atom. The Morgan fingerprint density at radius 2 is 1.23 bits per heavy atom. The molecular formula is C54H75N17O10. The van der Waals surface area contributed by atoms with Crippen molar-refractivity contribution in [3.05, 3.63) is 107 Å². The molecule has 5 rings (SSSR count). The Morgan fingerprint density at radius 1 is 0.667 bits per heavy atom. The van der Waals surface area contributed by atoms with Gasteiger partial charge in [0, 0.05) is 62.9 Å². The fraction of sp³-hybridized carbons (Fsp3) is 0.426. The molecule has 2 heterocycles. The molecule has 4 aromatic rings. The van der Waals surface area contributed by atoms with E-state index in [1.807, 2.05) is 18.2 Å². The number of aliphatic imine (C=N–C) groups is 2. The molecule has 0 bridgehead atoms. The number of para-hydroxylation sites is 1. The van der Waals surface area contributed by atoms with Gasteiger partial charge in [-0.1, -0.05) is 72.8 Å². The van der Waals surface area contributed by atoms with Crippen LogP contribution in [0, 0.1) is 0 Å². The molecular weight excluding hydrogens is 1050 g/mol. The van der Waals surface area contributed by atoms with Gasteiger partial charge in [-0.25, -0.2) is 0 Å². The van der Waals surface area contributed by atoms with Crippen molar-refractivity contribution in [2.45, 2.75) is 126 Å². The zero-order valence-electron chi connectivity index (χ0n) is 45.1. The summed E-state index contributed by atoms with van der Waals surface area (Å²) in [6.07, 6.45) is -0.511. The van der Waals surface area contributed by atoms with Crippen molar-refractivity contribution >= 4 is 76.0 Å². The molecule has 27 nitrogen and oxygen atoms in total. The molecule has 1 saturated heterocycles. The van der Waals surface area contributed by atoms with Crippen LogP contribution in [0.3, 0.4) is 0 Å². The summed E-state index contributed by atoms with van der Waals surface area (Å²) < 4.78 is 0. The molecule has 1 fully saturated rings. The number of aromatic amines is 1. The second kappa shape index (κ2) is 31.5. The van der Waals surface area contributed by atoms with E-state index in [1.54, 1.807) is 60.8 Å². The summed E-state index contributed by atoms with van der Waals surface area (Å²) in [5, 5.41) is 32.7. The van der Waals surface area contributed by atoms with Crippen LogP contribution in [0.25, 0.3) is 10.9 Å². The number of fused-ring (bicyclic) bond motifs is 1. The lowest BCUT2D eigenvalue weighted by molar-refractivity contribution is -0.136. The third-order valence-corrected chi connectivity index (χ3v) is 13.2. The number of benzene rings is 3. The number of amides is 9. The smallest absolute Gasteiger partial charge is 0.243 e. The van der Waals surface area contributed by atoms with Crippen LogP contribution in [-0.2, 0) is 62.4 Å². The highest BCUT2D eigenvalue weighted by atomic mass is 16.3. The third-order valence-electron chi connectivity index (χ3n) is 13.2. The second-order valence-electron chi connectivity index (χ2n) is 19.6. The van der Waals surface area contributed by atoms with Crippen LogP contribution in [0.5, 0.6) is 0 Å². The highest BCUT2D eigenvalue weighted by molar-refractivity contribution is 5.99. The van der Waals surface area contributed by atoms with Gasteiger partial charge in [-0.05, 0) is 73.3 Å². The molecule has 81 heavy (non-hydrogen) atoms. The molecule has 0 saturated carbocycles. The Balaban J connectivity index is 1.60. The van der Waals surface area contributed by atoms with Crippen molar-refractivity contribution in [1.29, 1.82) is 0 Å². The fourth-order valence-corrected chi connectivity index (χ4v) is 9.10. The third kappa shape index (κ3) is 20.6. The first kappa shape index (κ1) is 62.7. The lowest BCUT2D eigenvalue weighted by atomic mass is 9.97. The number of hydrogen-bond donors (Lipinski definition) is 16. The molecule has 22 N–H and O–H groups in total. The van der Waals surface area contributed by atoms with E-state index in [-0.39, 0.29) is 101 Å². The van der Waals surface area contributed by atoms with Crippen LogP contribution in [0.1, 0.15) is 86.8 Å². The quantitative estimate of drug-likeness (QED) is 0.0191. The Kier molecular flexibility index (Phi) is 24.4. The number of H-pyrrole nitrogens is 1. The predicted octanol–water partition coefficient (Wildman–Crippen LogP) is -3.16. The highest BCUT2D eigenvalue weighted by Crippen LogP contribution is 2.21. The van der Waals surface area contributed by atoms with Crippen molar-refractivity contribution in [1.82, 2.24) is 47.5 Å². The van der Waals surface area contributed by atoms with Crippen molar-refractivity contribution < 1.29 is 48.3 Å². The van der Waals surface area contributed by atoms with Gasteiger partial charge in [0.25, 0.3) is 0 Å². The van der Waals surface area contributed by atoms with Crippen molar-refractivity contribution in [3.63, 3.8) is 0 Å². The molecule has 1 unspecified atom stereocenters. The number of aromatic nitrogens is 1. The molecule has 8 atom stereocenters. The molecule has 0 aliphatic carbocycles. The lowest BCUT2D eigenvalue weighted by Crippen LogP contribution is -2.61. The van der Waals surface area contributed by atoms with Crippen molar-refractivity contribution in [2.75, 3.05) is 19.6 Å². The van der Waals surface area contributed by atoms with Gasteiger partial charge >= 0.3 is 0 Å². The number of primary amides is 1. The van der Waals surface area contributed by atoms with E-state index in [2.05, 4.69) is 57.5 Å². The van der Waals surface area contributed by atoms with Gasteiger partial charge in [0.05, 0.1) is 6.42 Å². The average molecular weight is 1120 g/mol. The number of nitrogens with two attached hydrogens (primary N) is 6. The Hall–Kier alpha value is -9.11. The Bertz CT molecular complexity index is 2890. The summed E-state index contributed by atoms with van der Waals surface area (Å²) >= 11 is 0. The maximum Gasteiger partial charge on any atom is 0.243 e. The number of aliphatic hydroxyl groups is 1. The number of carbonyl (C=O) groups is 9. The fourth-order valence-electron chi connectivity index (χ4n) is 9.10. The number of nitrogens with one attached hydrogen (secondary N) is 9. The number of aliphatic hydroxyl groups excluding tert-OH is 1. The first-order valence-corrected chi connectivity index (χ1v) is 26.6. The van der Waals surface area contributed by atoms with Crippen LogP contribution in [0.4, 0.5) is 0 Å². The van der Waals surface area contributed by atoms with E-state index in [0.717, 1.165) is 10.9 Å². The van der Waals surface area contributed by atoms with E-state index >= 15 is 0 Å². The molecule has 0 radical (unpaired) electrons. The van der Waals surface area contributed by atoms with Crippen molar-refractivity contribution in [3.8, 4) is 0 Å². The second-order valence-corrected chi connectivity index (χ2v) is 19.6. The van der Waals surface area contributed by atoms with Crippen molar-refractivity contribution in [2.24, 2.45) is 44.4 Å². The number of carbonyl (C=O) groups excluding carboxylic acids is 9. The van der Waals surface area contributed by atoms with Gasteiger partial charge < -0.3 is 87.0 Å². The van der Waals surface area contributed by atoms with Gasteiger partial charge in [-0.15, -0.1) is 0 Å². The molecule has 3 aromatic carbocycles. The predicted molar refractivity (Wildman–Crippen MR) is 301 cm³/mol. The minimum absolute atomic E-state index is 0.00148. The zero-order valence-corrected chi connectivity index (χ0v) is 45.1. The van der Waals surface area contributed by atoms with Crippen LogP contribution < -0.4 is 76.9 Å². The molecule has 436 valence electrons. The molecule has 1 aliphatic heterocycles. The maximum absolute atomic E-state index is 15.0. The first-order chi connectivity index (χ1) is 38.7. The number of rotatable bonds is 19. The molecule has 1 aliphatic rings. The SMILES string of the molecule is CC(=O)N[C@@H](CCCN=C(N)N)C(=O)N[C@H]1CC(=O)NCCCC[C@@H](C(N)=O)NC(=O)[C@H](Cc2c[nH]c3ccccc23)NC(=O)[C@H](CCCN=C(N)N)NC(=O)[C@@H](Cc2ccccc2)NC(=O)[C@H](Cc2ccccc2C(N)O)NC1=O. The van der Waals surface area contributed by atoms with Crippen LogP contribution >= 0.6 is 0 Å². The van der Waals surface area contributed by atoms with E-state index < -0.39 is 108 Å². The summed E-state index contributed by atoms with van der Waals surface area (Å²) in [5.74, 6) is -8.01. The summed E-state index contributed by atoms with van der Waals surface area (Å²) in [4.78, 5) is 138. The van der Waals surface area contributed by atoms with E-state index in [9.17, 15) is 48.3 Å². The Labute approximate surface area is 467 Å². The standard InChI is InChI=1S/C54H75N17O10/c1-30(72)65-38(20-11-23-62-53(57)58)47(76)71-43-28-44(73)61-22-10-9-19-37(46(56)75)66-50(79)42(27-33-29-64-36-18-8-7-16-34(33)36)69-48(77)39(21-12-24-63-54(59)60)67-49(78)40(25-31-13-3-2-4-14-31)68-51(80)41(70-52(43)81)26-32-15-5-6-17-35(32)45(55)74/h2-8,13-18,29,37-43,45,64,74H,9-12,19-28,55H2,1H3,(H2,56,75)(H,61,73)(H,65,72)(H,66,79)(H,67,78)(H,68,80)(H,69,77)(H,70,81)(H,71,76)(H4,57,58,62)(H4,59,60,63)/t37-,38-,39-,40+,41-,42-,43-,45?/m0/s1. The molecule has 0 spiro atoms. The normalized spacial score (nSPS) is 20.8.